The van der Waals surface area contributed by atoms with Gasteiger partial charge in [0.15, 0.2) is 0 Å². The number of thiophene rings is 1. The monoisotopic (exact) mass is 326 g/mol. The zero-order valence-electron chi connectivity index (χ0n) is 12.5. The van der Waals surface area contributed by atoms with E-state index in [1.165, 1.54) is 6.07 Å². The summed E-state index contributed by atoms with van der Waals surface area (Å²) < 4.78 is 15.0. The predicted octanol–water partition coefficient (Wildman–Crippen LogP) is 4.85. The first-order chi connectivity index (χ1) is 10.0. The fourth-order valence-electron chi connectivity index (χ4n) is 2.45. The van der Waals surface area contributed by atoms with Gasteiger partial charge in [-0.05, 0) is 37.7 Å². The number of benzene rings is 1. The van der Waals surface area contributed by atoms with Crippen LogP contribution in [0.2, 0.25) is 4.34 Å². The van der Waals surface area contributed by atoms with E-state index in [4.69, 9.17) is 11.6 Å². The lowest BCUT2D eigenvalue weighted by molar-refractivity contribution is 0.540. The highest BCUT2D eigenvalue weighted by Crippen LogP contribution is 2.30. The van der Waals surface area contributed by atoms with E-state index in [1.54, 1.807) is 17.4 Å². The van der Waals surface area contributed by atoms with E-state index in [2.05, 4.69) is 10.2 Å². The molecule has 1 heterocycles. The number of rotatable bonds is 6. The van der Waals surface area contributed by atoms with Crippen LogP contribution in [0.3, 0.4) is 0 Å². The van der Waals surface area contributed by atoms with Crippen molar-refractivity contribution in [1.29, 1.82) is 0 Å². The molecule has 0 aliphatic rings. The Morgan fingerprint density at radius 3 is 2.71 bits per heavy atom. The average molecular weight is 327 g/mol. The molecule has 21 heavy (non-hydrogen) atoms. The van der Waals surface area contributed by atoms with E-state index in [0.717, 1.165) is 21.4 Å². The van der Waals surface area contributed by atoms with Crippen LogP contribution in [0.5, 0.6) is 0 Å². The quantitative estimate of drug-likeness (QED) is 0.816. The van der Waals surface area contributed by atoms with E-state index in [9.17, 15) is 4.39 Å². The van der Waals surface area contributed by atoms with Crippen LogP contribution in [-0.4, -0.2) is 13.6 Å². The summed E-state index contributed by atoms with van der Waals surface area (Å²) >= 11 is 7.52. The molecule has 0 saturated heterocycles. The van der Waals surface area contributed by atoms with E-state index in [0.29, 0.717) is 12.1 Å². The van der Waals surface area contributed by atoms with Crippen LogP contribution in [-0.2, 0) is 6.54 Å². The fraction of sp³-hybridized carbons (Fsp3) is 0.375. The first kappa shape index (κ1) is 16.3. The first-order valence-corrected chi connectivity index (χ1v) is 8.19. The summed E-state index contributed by atoms with van der Waals surface area (Å²) in [5.41, 5.74) is 1.62. The summed E-state index contributed by atoms with van der Waals surface area (Å²) in [6, 6.07) is 9.11. The number of hydrogen-bond acceptors (Lipinski definition) is 3. The van der Waals surface area contributed by atoms with Gasteiger partial charge in [-0.15, -0.1) is 11.3 Å². The Balaban J connectivity index is 2.27. The Bertz CT molecular complexity index is 600. The van der Waals surface area contributed by atoms with Crippen LogP contribution in [0.25, 0.3) is 0 Å². The Morgan fingerprint density at radius 1 is 1.33 bits per heavy atom. The second-order valence-corrected chi connectivity index (χ2v) is 6.81. The predicted molar refractivity (Wildman–Crippen MR) is 89.9 cm³/mol. The third-order valence-corrected chi connectivity index (χ3v) is 4.62. The Kier molecular flexibility index (Phi) is 5.62. The molecule has 114 valence electrons. The number of anilines is 1. The summed E-state index contributed by atoms with van der Waals surface area (Å²) in [6.45, 7) is 5.53. The molecule has 1 aromatic heterocycles. The largest absolute Gasteiger partial charge is 0.369 e. The molecular formula is C16H20ClFN2S. The molecule has 0 fully saturated rings. The highest BCUT2D eigenvalue weighted by molar-refractivity contribution is 7.16. The van der Waals surface area contributed by atoms with Crippen LogP contribution in [0.1, 0.15) is 30.3 Å². The van der Waals surface area contributed by atoms with E-state index in [1.807, 2.05) is 39.1 Å². The fourth-order valence-corrected chi connectivity index (χ4v) is 3.59. The molecule has 0 aliphatic heterocycles. The van der Waals surface area contributed by atoms with Crippen molar-refractivity contribution in [2.75, 3.05) is 18.5 Å². The molecule has 2 aromatic rings. The summed E-state index contributed by atoms with van der Waals surface area (Å²) in [6.07, 6.45) is 0. The molecular weight excluding hydrogens is 307 g/mol. The van der Waals surface area contributed by atoms with E-state index in [-0.39, 0.29) is 11.9 Å². The van der Waals surface area contributed by atoms with Crippen LogP contribution in [0.4, 0.5) is 10.1 Å². The molecule has 5 heteroatoms. The maximum absolute atomic E-state index is 14.2. The smallest absolute Gasteiger partial charge is 0.130 e. The van der Waals surface area contributed by atoms with Crippen LogP contribution >= 0.6 is 22.9 Å². The van der Waals surface area contributed by atoms with Crippen molar-refractivity contribution in [3.8, 4) is 0 Å². The SMILES string of the molecule is CCNC(C)c1c(F)cccc1N(C)Cc1ccc(Cl)s1. The molecule has 0 radical (unpaired) electrons. The first-order valence-electron chi connectivity index (χ1n) is 7.00. The van der Waals surface area contributed by atoms with Gasteiger partial charge in [0, 0.05) is 29.2 Å². The number of halogens is 2. The lowest BCUT2D eigenvalue weighted by atomic mass is 10.0. The molecule has 0 spiro atoms. The zero-order valence-corrected chi connectivity index (χ0v) is 14.1. The number of nitrogens with zero attached hydrogens (tertiary/aromatic N) is 1. The van der Waals surface area contributed by atoms with Gasteiger partial charge < -0.3 is 10.2 Å². The third-order valence-electron chi connectivity index (χ3n) is 3.41. The highest BCUT2D eigenvalue weighted by Gasteiger charge is 2.17. The van der Waals surface area contributed by atoms with Crippen LogP contribution in [0, 0.1) is 5.82 Å². The number of hydrogen-bond donors (Lipinski definition) is 1. The molecule has 0 aliphatic carbocycles. The van der Waals surface area contributed by atoms with Gasteiger partial charge in [0.25, 0.3) is 0 Å². The third kappa shape index (κ3) is 3.96. The summed E-state index contributed by atoms with van der Waals surface area (Å²) in [7, 11) is 1.98. The molecule has 1 aromatic carbocycles. The van der Waals surface area contributed by atoms with Crippen molar-refractivity contribution in [2.45, 2.75) is 26.4 Å². The highest BCUT2D eigenvalue weighted by atomic mass is 35.5. The van der Waals surface area contributed by atoms with E-state index >= 15 is 0 Å². The topological polar surface area (TPSA) is 15.3 Å². The molecule has 2 nitrogen and oxygen atoms in total. The Hall–Kier alpha value is -1.10. The summed E-state index contributed by atoms with van der Waals surface area (Å²) in [5.74, 6) is -0.169. The van der Waals surface area contributed by atoms with Crippen molar-refractivity contribution in [3.05, 3.63) is 50.9 Å². The minimum absolute atomic E-state index is 0.0272. The standard InChI is InChI=1S/C16H20ClFN2S/c1-4-19-11(2)16-13(18)6-5-7-14(16)20(3)10-12-8-9-15(17)21-12/h5-9,11,19H,4,10H2,1-3H3. The molecule has 0 amide bonds. The van der Waals surface area contributed by atoms with Gasteiger partial charge in [-0.25, -0.2) is 4.39 Å². The molecule has 0 saturated carbocycles. The van der Waals surface area contributed by atoms with Gasteiger partial charge in [-0.1, -0.05) is 24.6 Å². The van der Waals surface area contributed by atoms with Gasteiger partial charge in [0.05, 0.1) is 10.9 Å². The van der Waals surface area contributed by atoms with E-state index < -0.39 is 0 Å². The van der Waals surface area contributed by atoms with Gasteiger partial charge in [0.1, 0.15) is 5.82 Å². The van der Waals surface area contributed by atoms with Crippen molar-refractivity contribution in [1.82, 2.24) is 5.32 Å². The maximum atomic E-state index is 14.2. The van der Waals surface area contributed by atoms with Crippen molar-refractivity contribution < 1.29 is 4.39 Å². The molecule has 2 rings (SSSR count). The van der Waals surface area contributed by atoms with Gasteiger partial charge in [0.2, 0.25) is 0 Å². The van der Waals surface area contributed by atoms with Gasteiger partial charge in [-0.2, -0.15) is 0 Å². The van der Waals surface area contributed by atoms with Gasteiger partial charge in [-0.3, -0.25) is 0 Å². The minimum atomic E-state index is -0.169. The lowest BCUT2D eigenvalue weighted by Crippen LogP contribution is -2.24. The number of nitrogens with one attached hydrogen (secondary N) is 1. The van der Waals surface area contributed by atoms with Gasteiger partial charge >= 0.3 is 0 Å². The molecule has 1 unspecified atom stereocenters. The average Bonchev–Trinajstić information content (AvgIpc) is 2.83. The normalized spacial score (nSPS) is 12.4. The summed E-state index contributed by atoms with van der Waals surface area (Å²) in [4.78, 5) is 3.22. The molecule has 1 atom stereocenters. The summed E-state index contributed by atoms with van der Waals surface area (Å²) in [5, 5.41) is 3.28. The van der Waals surface area contributed by atoms with Crippen LogP contribution in [0.15, 0.2) is 30.3 Å². The Labute approximate surface area is 134 Å². The lowest BCUT2D eigenvalue weighted by Gasteiger charge is -2.25. The van der Waals surface area contributed by atoms with Crippen LogP contribution < -0.4 is 10.2 Å². The van der Waals surface area contributed by atoms with Crippen molar-refractivity contribution in [2.24, 2.45) is 0 Å². The minimum Gasteiger partial charge on any atom is -0.369 e. The zero-order chi connectivity index (χ0) is 15.4. The maximum Gasteiger partial charge on any atom is 0.130 e. The molecule has 1 N–H and O–H groups in total. The van der Waals surface area contributed by atoms with Crippen molar-refractivity contribution >= 4 is 28.6 Å². The second kappa shape index (κ2) is 7.25. The molecule has 0 bridgehead atoms. The van der Waals surface area contributed by atoms with Crippen molar-refractivity contribution in [3.63, 3.8) is 0 Å². The second-order valence-electron chi connectivity index (χ2n) is 5.01. The Morgan fingerprint density at radius 2 is 2.10 bits per heavy atom.